The van der Waals surface area contributed by atoms with Gasteiger partial charge >= 0.3 is 6.18 Å². The van der Waals surface area contributed by atoms with Gasteiger partial charge in [-0.25, -0.2) is 4.98 Å². The van der Waals surface area contributed by atoms with E-state index in [1.54, 1.807) is 10.9 Å². The van der Waals surface area contributed by atoms with Crippen molar-refractivity contribution in [2.75, 3.05) is 10.6 Å². The topological polar surface area (TPSA) is 87.9 Å². The molecule has 3 aromatic rings. The van der Waals surface area contributed by atoms with E-state index in [2.05, 4.69) is 25.6 Å². The molecule has 7 nitrogen and oxygen atoms in total. The maximum atomic E-state index is 13.0. The van der Waals surface area contributed by atoms with Gasteiger partial charge in [-0.2, -0.15) is 23.1 Å². The number of benzene rings is 1. The third-order valence-corrected chi connectivity index (χ3v) is 4.12. The highest BCUT2D eigenvalue weighted by atomic mass is 19.4. The van der Waals surface area contributed by atoms with Gasteiger partial charge in [0, 0.05) is 12.2 Å². The van der Waals surface area contributed by atoms with Gasteiger partial charge in [0.05, 0.1) is 11.9 Å². The van der Waals surface area contributed by atoms with Crippen molar-refractivity contribution >= 4 is 28.6 Å². The molecule has 0 saturated heterocycles. The Balaban J connectivity index is 2.00. The molecule has 150 valence electrons. The molecule has 2 heterocycles. The van der Waals surface area contributed by atoms with Crippen LogP contribution in [0.1, 0.15) is 32.3 Å². The summed E-state index contributed by atoms with van der Waals surface area (Å²) in [6.07, 6.45) is -2.42. The quantitative estimate of drug-likeness (QED) is 0.522. The Morgan fingerprint density at radius 2 is 2.00 bits per heavy atom. The van der Waals surface area contributed by atoms with E-state index in [0.29, 0.717) is 24.1 Å². The molecule has 0 bridgehead atoms. The van der Waals surface area contributed by atoms with Gasteiger partial charge in [-0.1, -0.05) is 19.4 Å². The molecule has 0 saturated carbocycles. The van der Waals surface area contributed by atoms with Gasteiger partial charge in [0.25, 0.3) is 0 Å². The number of rotatable bonds is 7. The molecule has 2 aromatic heterocycles. The molecule has 0 radical (unpaired) electrons. The lowest BCUT2D eigenvalue weighted by atomic mass is 10.2. The largest absolute Gasteiger partial charge is 0.416 e. The number of halogens is 3. The van der Waals surface area contributed by atoms with E-state index >= 15 is 0 Å². The molecule has 1 atom stereocenters. The number of fused-ring (bicyclic) bond motifs is 1. The Bertz CT molecular complexity index is 956. The first-order valence-electron chi connectivity index (χ1n) is 8.93. The van der Waals surface area contributed by atoms with E-state index in [0.717, 1.165) is 18.6 Å². The zero-order valence-corrected chi connectivity index (χ0v) is 15.5. The molecule has 0 aliphatic rings. The molecule has 0 aliphatic heterocycles. The number of aryl methyl sites for hydroxylation is 1. The van der Waals surface area contributed by atoms with E-state index in [1.165, 1.54) is 12.1 Å². The van der Waals surface area contributed by atoms with Crippen molar-refractivity contribution in [1.82, 2.24) is 19.5 Å². The summed E-state index contributed by atoms with van der Waals surface area (Å²) in [7, 11) is 0. The van der Waals surface area contributed by atoms with E-state index in [4.69, 9.17) is 0 Å². The molecule has 0 spiro atoms. The summed E-state index contributed by atoms with van der Waals surface area (Å²) in [5.41, 5.74) is 0.396. The molecule has 10 heteroatoms. The minimum atomic E-state index is -4.44. The number of nitrogens with one attached hydrogen (secondary N) is 2. The fourth-order valence-corrected chi connectivity index (χ4v) is 2.73. The lowest BCUT2D eigenvalue weighted by Gasteiger charge is -2.14. The van der Waals surface area contributed by atoms with Crippen molar-refractivity contribution in [2.24, 2.45) is 0 Å². The highest BCUT2D eigenvalue weighted by Gasteiger charge is 2.30. The minimum Gasteiger partial charge on any atom is -0.374 e. The number of nitrogens with zero attached hydrogens (tertiary/aromatic N) is 4. The predicted octanol–water partition coefficient (Wildman–Crippen LogP) is 4.14. The number of aliphatic hydroxyl groups is 1. The predicted molar refractivity (Wildman–Crippen MR) is 100 cm³/mol. The van der Waals surface area contributed by atoms with Crippen molar-refractivity contribution in [3.05, 3.63) is 36.2 Å². The summed E-state index contributed by atoms with van der Waals surface area (Å²) in [4.78, 5) is 13.0. The first kappa shape index (κ1) is 19.9. The Kier molecular flexibility index (Phi) is 5.68. The highest BCUT2D eigenvalue weighted by Crippen LogP contribution is 2.32. The number of anilines is 3. The number of aliphatic hydroxyl groups excluding tert-OH is 1. The monoisotopic (exact) mass is 394 g/mol. The van der Waals surface area contributed by atoms with Crippen LogP contribution in [0, 0.1) is 0 Å². The molecule has 0 unspecified atom stereocenters. The zero-order valence-electron chi connectivity index (χ0n) is 15.5. The zero-order chi connectivity index (χ0) is 20.3. The summed E-state index contributed by atoms with van der Waals surface area (Å²) >= 11 is 0. The summed E-state index contributed by atoms with van der Waals surface area (Å²) in [6, 6.07) is 4.84. The standard InChI is InChI=1S/C18H21F3N6O/c1-3-6-13(28)24-17-25-15(14-16(26-17)27(4-2)10-22-14)23-12-8-5-7-11(9-12)18(19,20)21/h5,7-10,13,28H,3-4,6H2,1-2H3,(H2,23,24,25,26)/t13-/m1/s1. The maximum absolute atomic E-state index is 13.0. The van der Waals surface area contributed by atoms with Gasteiger partial charge in [-0.15, -0.1) is 0 Å². The molecule has 0 fully saturated rings. The number of alkyl halides is 3. The molecule has 0 aliphatic carbocycles. The van der Waals surface area contributed by atoms with Crippen LogP contribution in [0.3, 0.4) is 0 Å². The second kappa shape index (κ2) is 8.01. The van der Waals surface area contributed by atoms with Crippen molar-refractivity contribution in [3.63, 3.8) is 0 Å². The average molecular weight is 394 g/mol. The Morgan fingerprint density at radius 1 is 1.21 bits per heavy atom. The first-order valence-corrected chi connectivity index (χ1v) is 8.93. The van der Waals surface area contributed by atoms with Crippen molar-refractivity contribution in [3.8, 4) is 0 Å². The van der Waals surface area contributed by atoms with Crippen molar-refractivity contribution in [2.45, 2.75) is 45.6 Å². The molecule has 0 amide bonds. The molecule has 3 rings (SSSR count). The second-order valence-electron chi connectivity index (χ2n) is 6.25. The Labute approximate surface area is 159 Å². The number of aromatic nitrogens is 4. The van der Waals surface area contributed by atoms with E-state index in [9.17, 15) is 18.3 Å². The van der Waals surface area contributed by atoms with Gasteiger partial charge < -0.3 is 20.3 Å². The van der Waals surface area contributed by atoms with Gasteiger partial charge in [0.1, 0.15) is 6.23 Å². The fraction of sp³-hybridized carbons (Fsp3) is 0.389. The lowest BCUT2D eigenvalue weighted by molar-refractivity contribution is -0.137. The van der Waals surface area contributed by atoms with Crippen LogP contribution >= 0.6 is 0 Å². The van der Waals surface area contributed by atoms with E-state index in [1.807, 2.05) is 13.8 Å². The Morgan fingerprint density at radius 3 is 2.68 bits per heavy atom. The van der Waals surface area contributed by atoms with Crippen molar-refractivity contribution in [1.29, 1.82) is 0 Å². The van der Waals surface area contributed by atoms with Crippen LogP contribution in [-0.2, 0) is 12.7 Å². The summed E-state index contributed by atoms with van der Waals surface area (Å²) < 4.78 is 40.7. The minimum absolute atomic E-state index is 0.165. The normalized spacial score (nSPS) is 12.9. The van der Waals surface area contributed by atoms with E-state index < -0.39 is 18.0 Å². The average Bonchev–Trinajstić information content (AvgIpc) is 3.04. The van der Waals surface area contributed by atoms with E-state index in [-0.39, 0.29) is 17.5 Å². The number of hydrogen-bond donors (Lipinski definition) is 3. The first-order chi connectivity index (χ1) is 13.3. The third-order valence-electron chi connectivity index (χ3n) is 4.12. The summed E-state index contributed by atoms with van der Waals surface area (Å²) in [6.45, 7) is 4.46. The van der Waals surface area contributed by atoms with Gasteiger partial charge in [0.15, 0.2) is 17.0 Å². The number of hydrogen-bond acceptors (Lipinski definition) is 6. The molecule has 3 N–H and O–H groups in total. The second-order valence-corrected chi connectivity index (χ2v) is 6.25. The van der Waals surface area contributed by atoms with Crippen molar-refractivity contribution < 1.29 is 18.3 Å². The summed E-state index contributed by atoms with van der Waals surface area (Å²) in [5.74, 6) is 0.417. The van der Waals surface area contributed by atoms with Gasteiger partial charge in [-0.3, -0.25) is 0 Å². The van der Waals surface area contributed by atoms with Gasteiger partial charge in [-0.05, 0) is 31.5 Å². The Hall–Kier alpha value is -2.88. The molecular weight excluding hydrogens is 373 g/mol. The van der Waals surface area contributed by atoms with Gasteiger partial charge in [0.2, 0.25) is 5.95 Å². The van der Waals surface area contributed by atoms with Crippen LogP contribution < -0.4 is 10.6 Å². The SMILES string of the molecule is CCC[C@@H](O)Nc1nc(Nc2cccc(C(F)(F)F)c2)c2ncn(CC)c2n1. The van der Waals surface area contributed by atoms with Crippen LogP contribution in [-0.4, -0.2) is 30.9 Å². The van der Waals surface area contributed by atoms with Crippen LogP contribution in [0.5, 0.6) is 0 Å². The maximum Gasteiger partial charge on any atom is 0.416 e. The fourth-order valence-electron chi connectivity index (χ4n) is 2.73. The number of imidazole rings is 1. The van der Waals surface area contributed by atoms with Crippen LogP contribution in [0.4, 0.5) is 30.6 Å². The highest BCUT2D eigenvalue weighted by molar-refractivity contribution is 5.86. The summed E-state index contributed by atoms with van der Waals surface area (Å²) in [5, 5.41) is 15.7. The van der Waals surface area contributed by atoms with Crippen LogP contribution in [0.15, 0.2) is 30.6 Å². The van der Waals surface area contributed by atoms with Crippen LogP contribution in [0.2, 0.25) is 0 Å². The van der Waals surface area contributed by atoms with Crippen LogP contribution in [0.25, 0.3) is 11.2 Å². The molecule has 28 heavy (non-hydrogen) atoms. The smallest absolute Gasteiger partial charge is 0.374 e. The molecular formula is C18H21F3N6O. The molecule has 1 aromatic carbocycles. The third kappa shape index (κ3) is 4.33. The lowest BCUT2D eigenvalue weighted by Crippen LogP contribution is -2.20.